The van der Waals surface area contributed by atoms with Gasteiger partial charge in [-0.05, 0) is 44.9 Å². The van der Waals surface area contributed by atoms with Gasteiger partial charge in [-0.25, -0.2) is 0 Å². The molecule has 2 N–H and O–H groups in total. The predicted octanol–water partition coefficient (Wildman–Crippen LogP) is 3.15. The van der Waals surface area contributed by atoms with Crippen molar-refractivity contribution in [2.24, 2.45) is 5.73 Å². The zero-order valence-electron chi connectivity index (χ0n) is 9.46. The summed E-state index contributed by atoms with van der Waals surface area (Å²) in [7, 11) is 0. The normalized spacial score (nSPS) is 14.7. The molecule has 84 valence electrons. The van der Waals surface area contributed by atoms with Crippen molar-refractivity contribution < 1.29 is 4.74 Å². The van der Waals surface area contributed by atoms with Crippen LogP contribution in [0.5, 0.6) is 5.75 Å². The highest BCUT2D eigenvalue weighted by atomic mass is 35.5. The van der Waals surface area contributed by atoms with Crippen LogP contribution < -0.4 is 10.5 Å². The van der Waals surface area contributed by atoms with E-state index in [2.05, 4.69) is 0 Å². The van der Waals surface area contributed by atoms with E-state index in [-0.39, 0.29) is 12.1 Å². The van der Waals surface area contributed by atoms with Crippen molar-refractivity contribution in [1.29, 1.82) is 0 Å². The summed E-state index contributed by atoms with van der Waals surface area (Å²) in [6.45, 7) is 5.97. The minimum absolute atomic E-state index is 0.0882. The summed E-state index contributed by atoms with van der Waals surface area (Å²) in [6.07, 6.45) is 0.912. The molecule has 0 spiro atoms. The molecule has 1 rings (SSSR count). The van der Waals surface area contributed by atoms with Gasteiger partial charge >= 0.3 is 0 Å². The van der Waals surface area contributed by atoms with Crippen LogP contribution in [0.2, 0.25) is 5.02 Å². The van der Waals surface area contributed by atoms with Gasteiger partial charge in [0.2, 0.25) is 0 Å². The predicted molar refractivity (Wildman–Crippen MR) is 64.5 cm³/mol. The van der Waals surface area contributed by atoms with Crippen LogP contribution in [-0.4, -0.2) is 12.1 Å². The van der Waals surface area contributed by atoms with E-state index in [1.54, 1.807) is 0 Å². The van der Waals surface area contributed by atoms with E-state index >= 15 is 0 Å². The van der Waals surface area contributed by atoms with Crippen molar-refractivity contribution in [3.63, 3.8) is 0 Å². The molecule has 2 atom stereocenters. The van der Waals surface area contributed by atoms with Crippen LogP contribution in [0.15, 0.2) is 18.2 Å². The second kappa shape index (κ2) is 5.38. The SMILES string of the molecule is Cc1ccc(OC(C)CC(C)N)c(Cl)c1. The molecule has 0 amide bonds. The maximum atomic E-state index is 6.05. The van der Waals surface area contributed by atoms with Crippen LogP contribution in [0.4, 0.5) is 0 Å². The molecule has 0 saturated heterocycles. The molecule has 0 bridgehead atoms. The zero-order chi connectivity index (χ0) is 11.4. The van der Waals surface area contributed by atoms with Crippen LogP contribution in [0, 0.1) is 6.92 Å². The molecule has 0 aliphatic heterocycles. The van der Waals surface area contributed by atoms with Crippen molar-refractivity contribution in [1.82, 2.24) is 0 Å². The van der Waals surface area contributed by atoms with Crippen molar-refractivity contribution in [3.8, 4) is 5.75 Å². The molecule has 3 heteroatoms. The third-order valence-corrected chi connectivity index (χ3v) is 2.41. The highest BCUT2D eigenvalue weighted by molar-refractivity contribution is 6.32. The van der Waals surface area contributed by atoms with Crippen molar-refractivity contribution >= 4 is 11.6 Å². The lowest BCUT2D eigenvalue weighted by atomic mass is 10.2. The Hall–Kier alpha value is -0.730. The highest BCUT2D eigenvalue weighted by Gasteiger charge is 2.09. The molecular weight excluding hydrogens is 210 g/mol. The lowest BCUT2D eigenvalue weighted by Crippen LogP contribution is -2.24. The van der Waals surface area contributed by atoms with Crippen molar-refractivity contribution in [2.45, 2.75) is 39.3 Å². The lowest BCUT2D eigenvalue weighted by Gasteiger charge is -2.17. The molecule has 0 heterocycles. The van der Waals surface area contributed by atoms with Gasteiger partial charge in [-0.15, -0.1) is 0 Å². The molecule has 1 aromatic carbocycles. The van der Waals surface area contributed by atoms with Gasteiger partial charge in [0.1, 0.15) is 5.75 Å². The molecular formula is C12H18ClNO. The first-order valence-electron chi connectivity index (χ1n) is 5.17. The third kappa shape index (κ3) is 4.10. The number of nitrogens with two attached hydrogens (primary N) is 1. The summed E-state index contributed by atoms with van der Waals surface area (Å²) >= 11 is 6.05. The molecule has 2 nitrogen and oxygen atoms in total. The highest BCUT2D eigenvalue weighted by Crippen LogP contribution is 2.26. The van der Waals surface area contributed by atoms with E-state index in [1.165, 1.54) is 0 Å². The molecule has 2 unspecified atom stereocenters. The fourth-order valence-electron chi connectivity index (χ4n) is 1.49. The topological polar surface area (TPSA) is 35.2 Å². The second-order valence-corrected chi connectivity index (χ2v) is 4.48. The van der Waals surface area contributed by atoms with E-state index in [4.69, 9.17) is 22.1 Å². The van der Waals surface area contributed by atoms with Gasteiger partial charge in [-0.3, -0.25) is 0 Å². The number of hydrogen-bond donors (Lipinski definition) is 1. The fourth-order valence-corrected chi connectivity index (χ4v) is 1.77. The van der Waals surface area contributed by atoms with Crippen LogP contribution in [0.3, 0.4) is 0 Å². The van der Waals surface area contributed by atoms with E-state index in [1.807, 2.05) is 39.0 Å². The van der Waals surface area contributed by atoms with Crippen LogP contribution in [0.1, 0.15) is 25.8 Å². The van der Waals surface area contributed by atoms with Crippen molar-refractivity contribution in [3.05, 3.63) is 28.8 Å². The fraction of sp³-hybridized carbons (Fsp3) is 0.500. The van der Waals surface area contributed by atoms with Crippen LogP contribution >= 0.6 is 11.6 Å². The summed E-state index contributed by atoms with van der Waals surface area (Å²) in [5.41, 5.74) is 6.83. The Morgan fingerprint density at radius 2 is 2.07 bits per heavy atom. The summed E-state index contributed by atoms with van der Waals surface area (Å²) in [5, 5.41) is 0.659. The van der Waals surface area contributed by atoms with E-state index in [0.29, 0.717) is 5.02 Å². The molecule has 1 aromatic rings. The third-order valence-electron chi connectivity index (χ3n) is 2.12. The van der Waals surface area contributed by atoms with Gasteiger partial charge in [0.25, 0.3) is 0 Å². The average Bonchev–Trinajstić information content (AvgIpc) is 2.08. The zero-order valence-corrected chi connectivity index (χ0v) is 10.2. The number of benzene rings is 1. The standard InChI is InChI=1S/C12H18ClNO/c1-8-4-5-12(11(13)6-8)15-10(3)7-9(2)14/h4-6,9-10H,7,14H2,1-3H3. The van der Waals surface area contributed by atoms with Crippen molar-refractivity contribution in [2.75, 3.05) is 0 Å². The maximum absolute atomic E-state index is 6.05. The van der Waals surface area contributed by atoms with E-state index < -0.39 is 0 Å². The smallest absolute Gasteiger partial charge is 0.138 e. The Kier molecular flexibility index (Phi) is 4.43. The molecule has 15 heavy (non-hydrogen) atoms. The first kappa shape index (κ1) is 12.3. The Morgan fingerprint density at radius 3 is 2.60 bits per heavy atom. The maximum Gasteiger partial charge on any atom is 0.138 e. The number of aryl methyl sites for hydroxylation is 1. The number of halogens is 1. The summed E-state index contributed by atoms with van der Waals surface area (Å²) in [5.74, 6) is 0.732. The lowest BCUT2D eigenvalue weighted by molar-refractivity contribution is 0.203. The van der Waals surface area contributed by atoms with Gasteiger partial charge in [0, 0.05) is 6.04 Å². The quantitative estimate of drug-likeness (QED) is 0.858. The largest absolute Gasteiger partial charge is 0.489 e. The Bertz CT molecular complexity index is 325. The Morgan fingerprint density at radius 1 is 1.40 bits per heavy atom. The van der Waals surface area contributed by atoms with Gasteiger partial charge in [-0.2, -0.15) is 0 Å². The van der Waals surface area contributed by atoms with Gasteiger partial charge in [0.15, 0.2) is 0 Å². The minimum atomic E-state index is 0.0882. The molecule has 0 aliphatic carbocycles. The summed E-state index contributed by atoms with van der Waals surface area (Å²) in [6, 6.07) is 5.93. The summed E-state index contributed by atoms with van der Waals surface area (Å²) in [4.78, 5) is 0. The van der Waals surface area contributed by atoms with Gasteiger partial charge < -0.3 is 10.5 Å². The number of hydrogen-bond acceptors (Lipinski definition) is 2. The molecule has 0 aromatic heterocycles. The molecule has 0 radical (unpaired) electrons. The van der Waals surface area contributed by atoms with Gasteiger partial charge in [-0.1, -0.05) is 17.7 Å². The molecule has 0 fully saturated rings. The first-order valence-corrected chi connectivity index (χ1v) is 5.55. The number of ether oxygens (including phenoxy) is 1. The molecule has 0 aliphatic rings. The number of rotatable bonds is 4. The minimum Gasteiger partial charge on any atom is -0.489 e. The van der Waals surface area contributed by atoms with Gasteiger partial charge in [0.05, 0.1) is 11.1 Å². The Labute approximate surface area is 96.4 Å². The van der Waals surface area contributed by atoms with Crippen LogP contribution in [0.25, 0.3) is 0 Å². The van der Waals surface area contributed by atoms with E-state index in [0.717, 1.165) is 17.7 Å². The first-order chi connectivity index (χ1) is 6.99. The van der Waals surface area contributed by atoms with E-state index in [9.17, 15) is 0 Å². The molecule has 0 saturated carbocycles. The average molecular weight is 228 g/mol. The Balaban J connectivity index is 2.64. The monoisotopic (exact) mass is 227 g/mol. The van der Waals surface area contributed by atoms with Crippen LogP contribution in [-0.2, 0) is 0 Å². The summed E-state index contributed by atoms with van der Waals surface area (Å²) < 4.78 is 5.70. The second-order valence-electron chi connectivity index (χ2n) is 4.08.